The minimum Gasteiger partial charge on any atom is -0.493 e. The smallest absolute Gasteiger partial charge is 0.230 e. The number of carbonyl (C=O) groups is 1. The van der Waals surface area contributed by atoms with Crippen LogP contribution in [0.25, 0.3) is 0 Å². The third-order valence-corrected chi connectivity index (χ3v) is 6.56. The van der Waals surface area contributed by atoms with Crippen molar-refractivity contribution in [3.63, 3.8) is 0 Å². The second kappa shape index (κ2) is 10.5. The highest BCUT2D eigenvalue weighted by Crippen LogP contribution is 2.37. The van der Waals surface area contributed by atoms with Crippen molar-refractivity contribution < 1.29 is 19.2 Å². The van der Waals surface area contributed by atoms with Crippen LogP contribution in [-0.4, -0.2) is 33.2 Å². The minimum atomic E-state index is -0.0336. The zero-order valence-corrected chi connectivity index (χ0v) is 18.8. The Hall–Kier alpha value is -2.56. The number of nitrogens with one attached hydrogen (secondary N) is 2. The van der Waals surface area contributed by atoms with E-state index in [2.05, 4.69) is 18.4 Å². The summed E-state index contributed by atoms with van der Waals surface area (Å²) in [5.41, 5.74) is 2.95. The molecule has 3 rings (SSSR count). The van der Waals surface area contributed by atoms with Crippen LogP contribution in [0.15, 0.2) is 18.2 Å². The highest BCUT2D eigenvalue weighted by molar-refractivity contribution is 7.16. The lowest BCUT2D eigenvalue weighted by molar-refractivity contribution is -0.893. The highest BCUT2D eigenvalue weighted by Gasteiger charge is 2.22. The van der Waals surface area contributed by atoms with E-state index in [1.807, 2.05) is 25.1 Å². The summed E-state index contributed by atoms with van der Waals surface area (Å²) in [5.74, 6) is 1.44. The lowest BCUT2D eigenvalue weighted by Crippen LogP contribution is -3.07. The third kappa shape index (κ3) is 5.32. The van der Waals surface area contributed by atoms with E-state index in [1.165, 1.54) is 9.78 Å². The molecule has 0 saturated heterocycles. The number of nitriles is 1. The van der Waals surface area contributed by atoms with E-state index in [0.717, 1.165) is 59.9 Å². The van der Waals surface area contributed by atoms with Crippen LogP contribution in [0.1, 0.15) is 47.8 Å². The number of quaternary nitrogens is 1. The molecule has 30 heavy (non-hydrogen) atoms. The van der Waals surface area contributed by atoms with E-state index in [0.29, 0.717) is 25.1 Å². The number of fused-ring (bicyclic) bond motifs is 1. The normalized spacial score (nSPS) is 13.8. The fourth-order valence-electron chi connectivity index (χ4n) is 3.82. The van der Waals surface area contributed by atoms with Gasteiger partial charge in [-0.2, -0.15) is 5.26 Å². The molecule has 1 amide bonds. The van der Waals surface area contributed by atoms with Gasteiger partial charge in [0.2, 0.25) is 5.91 Å². The van der Waals surface area contributed by atoms with Crippen molar-refractivity contribution in [1.29, 1.82) is 5.26 Å². The number of thiophene rings is 1. The van der Waals surface area contributed by atoms with Crippen LogP contribution in [0, 0.1) is 11.3 Å². The summed E-state index contributed by atoms with van der Waals surface area (Å²) in [6.07, 6.45) is 4.66. The van der Waals surface area contributed by atoms with Gasteiger partial charge >= 0.3 is 0 Å². The number of anilines is 1. The standard InChI is InChI=1S/C23H29N3O3S/c1-4-29-19-10-9-16(13-20(19)28-3)15-26(2)12-11-22(27)25-23-18(14-24)17-7-5-6-8-21(17)30-23/h9-10,13H,4-8,11-12,15H2,1-3H3,(H,25,27)/p+1. The Labute approximate surface area is 182 Å². The molecule has 1 heterocycles. The number of hydrogen-bond acceptors (Lipinski definition) is 5. The van der Waals surface area contributed by atoms with Gasteiger partial charge in [0.25, 0.3) is 0 Å². The zero-order valence-electron chi connectivity index (χ0n) is 18.0. The topological polar surface area (TPSA) is 75.8 Å². The van der Waals surface area contributed by atoms with E-state index in [-0.39, 0.29) is 5.91 Å². The molecule has 1 aromatic heterocycles. The van der Waals surface area contributed by atoms with Crippen molar-refractivity contribution in [3.05, 3.63) is 39.8 Å². The van der Waals surface area contributed by atoms with Crippen LogP contribution in [0.2, 0.25) is 0 Å². The van der Waals surface area contributed by atoms with Crippen molar-refractivity contribution >= 4 is 22.2 Å². The van der Waals surface area contributed by atoms with E-state index in [9.17, 15) is 10.1 Å². The predicted octanol–water partition coefficient (Wildman–Crippen LogP) is 2.95. The first kappa shape index (κ1) is 22.1. The van der Waals surface area contributed by atoms with Crippen LogP contribution in [-0.2, 0) is 24.2 Å². The van der Waals surface area contributed by atoms with E-state index >= 15 is 0 Å². The SMILES string of the molecule is CCOc1ccc(C[NH+](C)CCC(=O)Nc2sc3c(c2C#N)CCCC3)cc1OC. The number of amides is 1. The Morgan fingerprint density at radius 2 is 2.10 bits per heavy atom. The number of benzene rings is 1. The number of carbonyl (C=O) groups excluding carboxylic acids is 1. The van der Waals surface area contributed by atoms with Crippen LogP contribution in [0.5, 0.6) is 11.5 Å². The van der Waals surface area contributed by atoms with Crippen LogP contribution in [0.4, 0.5) is 5.00 Å². The van der Waals surface area contributed by atoms with Crippen molar-refractivity contribution in [3.8, 4) is 17.6 Å². The Kier molecular flexibility index (Phi) is 7.72. The molecule has 7 heteroatoms. The summed E-state index contributed by atoms with van der Waals surface area (Å²) >= 11 is 1.57. The molecule has 0 fully saturated rings. The van der Waals surface area contributed by atoms with Crippen molar-refractivity contribution in [2.24, 2.45) is 0 Å². The summed E-state index contributed by atoms with van der Waals surface area (Å²) in [6, 6.07) is 8.25. The molecule has 0 radical (unpaired) electrons. The molecular formula is C23H30N3O3S+. The van der Waals surface area contributed by atoms with Gasteiger partial charge in [0.05, 0.1) is 39.3 Å². The van der Waals surface area contributed by atoms with Gasteiger partial charge < -0.3 is 19.7 Å². The number of hydrogen-bond donors (Lipinski definition) is 2. The molecule has 1 aliphatic rings. The first-order chi connectivity index (χ1) is 14.5. The summed E-state index contributed by atoms with van der Waals surface area (Å²) in [7, 11) is 3.71. The summed E-state index contributed by atoms with van der Waals surface area (Å²) in [5, 5.41) is 13.2. The van der Waals surface area contributed by atoms with Crippen molar-refractivity contribution in [1.82, 2.24) is 0 Å². The maximum atomic E-state index is 12.5. The largest absolute Gasteiger partial charge is 0.493 e. The number of ether oxygens (including phenoxy) is 2. The minimum absolute atomic E-state index is 0.0336. The molecule has 1 aliphatic carbocycles. The Morgan fingerprint density at radius 1 is 1.30 bits per heavy atom. The van der Waals surface area contributed by atoms with Gasteiger partial charge in [0, 0.05) is 10.4 Å². The maximum absolute atomic E-state index is 12.5. The zero-order chi connectivity index (χ0) is 21.5. The van der Waals surface area contributed by atoms with Crippen molar-refractivity contribution in [2.45, 2.75) is 45.6 Å². The lowest BCUT2D eigenvalue weighted by atomic mass is 9.96. The van der Waals surface area contributed by atoms with Gasteiger partial charge in [-0.3, -0.25) is 4.79 Å². The Morgan fingerprint density at radius 3 is 2.83 bits per heavy atom. The molecule has 1 atom stereocenters. The van der Waals surface area contributed by atoms with Gasteiger partial charge in [0.15, 0.2) is 11.5 Å². The van der Waals surface area contributed by atoms with Gasteiger partial charge in [-0.15, -0.1) is 11.3 Å². The fraction of sp³-hybridized carbons (Fsp3) is 0.478. The molecular weight excluding hydrogens is 398 g/mol. The summed E-state index contributed by atoms with van der Waals surface area (Å²) in [4.78, 5) is 15.0. The fourth-order valence-corrected chi connectivity index (χ4v) is 5.08. The van der Waals surface area contributed by atoms with Gasteiger partial charge in [-0.05, 0) is 56.4 Å². The van der Waals surface area contributed by atoms with Crippen LogP contribution < -0.4 is 19.7 Å². The molecule has 1 unspecified atom stereocenters. The molecule has 160 valence electrons. The number of nitrogens with zero attached hydrogens (tertiary/aromatic N) is 1. The summed E-state index contributed by atoms with van der Waals surface area (Å²) in [6.45, 7) is 4.03. The average molecular weight is 429 g/mol. The van der Waals surface area contributed by atoms with Gasteiger partial charge in [-0.1, -0.05) is 0 Å². The molecule has 0 saturated carbocycles. The molecule has 1 aromatic carbocycles. The van der Waals surface area contributed by atoms with Crippen LogP contribution in [0.3, 0.4) is 0 Å². The Bertz CT molecular complexity index is 933. The highest BCUT2D eigenvalue weighted by atomic mass is 32.1. The average Bonchev–Trinajstić information content (AvgIpc) is 3.10. The molecule has 0 spiro atoms. The second-order valence-corrected chi connectivity index (χ2v) is 8.73. The first-order valence-electron chi connectivity index (χ1n) is 10.5. The quantitative estimate of drug-likeness (QED) is 0.644. The Balaban J connectivity index is 1.54. The first-order valence-corrected chi connectivity index (χ1v) is 11.3. The number of aryl methyl sites for hydroxylation is 1. The maximum Gasteiger partial charge on any atom is 0.230 e. The van der Waals surface area contributed by atoms with E-state index in [4.69, 9.17) is 9.47 Å². The number of rotatable bonds is 9. The molecule has 2 aromatic rings. The monoisotopic (exact) mass is 428 g/mol. The van der Waals surface area contributed by atoms with Gasteiger partial charge in [-0.25, -0.2) is 0 Å². The summed E-state index contributed by atoms with van der Waals surface area (Å²) < 4.78 is 11.0. The van der Waals surface area contributed by atoms with Crippen LogP contribution >= 0.6 is 11.3 Å². The molecule has 0 aliphatic heterocycles. The van der Waals surface area contributed by atoms with Gasteiger partial charge in [0.1, 0.15) is 17.6 Å². The molecule has 2 N–H and O–H groups in total. The lowest BCUT2D eigenvalue weighted by Gasteiger charge is -2.15. The van der Waals surface area contributed by atoms with E-state index < -0.39 is 0 Å². The van der Waals surface area contributed by atoms with Crippen molar-refractivity contribution in [2.75, 3.05) is 32.6 Å². The third-order valence-electron chi connectivity index (χ3n) is 5.35. The van der Waals surface area contributed by atoms with E-state index in [1.54, 1.807) is 18.4 Å². The molecule has 6 nitrogen and oxygen atoms in total. The number of methoxy groups -OCH3 is 1. The second-order valence-electron chi connectivity index (χ2n) is 7.63. The molecule has 0 bridgehead atoms. The predicted molar refractivity (Wildman–Crippen MR) is 119 cm³/mol.